The molecule has 0 aliphatic heterocycles. The number of hydrogen-bond donors (Lipinski definition) is 0. The fraction of sp³-hybridized carbons (Fsp3) is 0. The van der Waals surface area contributed by atoms with Crippen molar-refractivity contribution in [1.29, 1.82) is 0 Å². The van der Waals surface area contributed by atoms with Gasteiger partial charge in [-0.15, -0.1) is 0 Å². The van der Waals surface area contributed by atoms with E-state index < -0.39 is 0 Å². The average molecular weight is 204 g/mol. The van der Waals surface area contributed by atoms with Crippen molar-refractivity contribution in [3.05, 3.63) is 43.8 Å². The Bertz CT molecular complexity index is 91.8. The van der Waals surface area contributed by atoms with Crippen molar-refractivity contribution >= 4 is 0 Å². The predicted octanol–water partition coefficient (Wildman–Crippen LogP) is 1.82. The Balaban J connectivity index is 0. The zero-order chi connectivity index (χ0) is 6.24. The van der Waals surface area contributed by atoms with Gasteiger partial charge in [0, 0.05) is 0 Å². The van der Waals surface area contributed by atoms with E-state index in [4.69, 9.17) is 3.40 Å². The van der Waals surface area contributed by atoms with Crippen molar-refractivity contribution in [3.63, 3.8) is 0 Å². The molecule has 0 heterocycles. The molecule has 0 radical (unpaired) electrons. The molecule has 1 aromatic carbocycles. The smallest absolute Gasteiger partial charge is 0.171 e. The Kier molecular flexibility index (Phi) is 13.6. The van der Waals surface area contributed by atoms with Crippen molar-refractivity contribution in [1.82, 2.24) is 0 Å². The summed E-state index contributed by atoms with van der Waals surface area (Å²) in [5, 5.41) is 0. The molecule has 1 aromatic rings. The quantitative estimate of drug-likeness (QED) is 0.465. The van der Waals surface area contributed by atoms with Gasteiger partial charge in [0.25, 0.3) is 0 Å². The van der Waals surface area contributed by atoms with E-state index in [9.17, 15) is 0 Å². The van der Waals surface area contributed by atoms with Crippen LogP contribution in [-0.2, 0) is 23.2 Å². The molecule has 1 rings (SSSR count). The first-order chi connectivity index (χ1) is 4.00. The molecule has 0 saturated heterocycles. The Morgan fingerprint density at radius 2 is 1.44 bits per heavy atom. The Hall–Kier alpha value is -0.292. The first-order valence-electron chi connectivity index (χ1n) is 2.08. The fourth-order valence-corrected chi connectivity index (χ4v) is 0.342. The second-order valence-corrected chi connectivity index (χ2v) is 1.08. The summed E-state index contributed by atoms with van der Waals surface area (Å²) in [6, 6.07) is 12.5. The minimum atomic E-state index is 0. The van der Waals surface area contributed by atoms with Crippen LogP contribution in [0.25, 0.3) is 0 Å². The summed E-state index contributed by atoms with van der Waals surface area (Å²) < 4.78 is 8.26. The average Bonchev–Trinajstić information content (AvgIpc) is 1.96. The second-order valence-electron chi connectivity index (χ2n) is 1.08. The summed E-state index contributed by atoms with van der Waals surface area (Å²) in [7, 11) is 0. The van der Waals surface area contributed by atoms with E-state index in [1.165, 1.54) is 0 Å². The molecule has 0 saturated carbocycles. The maximum Gasteiger partial charge on any atom is -0.171 e. The van der Waals surface area contributed by atoms with Gasteiger partial charge in [0.05, 0.1) is 0 Å². The molecule has 0 bridgehead atoms. The molecule has 0 aliphatic rings. The van der Waals surface area contributed by atoms with Crippen molar-refractivity contribution < 1.29 is 23.2 Å². The summed E-state index contributed by atoms with van der Waals surface area (Å²) in [6.45, 7) is 0. The standard InChI is InChI=1S/C6H5.CH3.Mo.O/c1-2-4-6-5-3-1;;;/h1-5H;1H3;;/q2*-1;;. The van der Waals surface area contributed by atoms with Crippen LogP contribution in [0.3, 0.4) is 0 Å². The molecule has 0 unspecified atom stereocenters. The van der Waals surface area contributed by atoms with Crippen molar-refractivity contribution in [2.45, 2.75) is 0 Å². The second kappa shape index (κ2) is 10.6. The van der Waals surface area contributed by atoms with Gasteiger partial charge in [-0.05, 0) is 0 Å². The van der Waals surface area contributed by atoms with Gasteiger partial charge in [0.15, 0.2) is 0 Å². The Morgan fingerprint density at radius 3 is 1.56 bits per heavy atom. The molecule has 9 heavy (non-hydrogen) atoms. The third-order valence-electron chi connectivity index (χ3n) is 0.607. The molecule has 1 nitrogen and oxygen atoms in total. The number of benzene rings is 1. The zero-order valence-corrected chi connectivity index (χ0v) is 7.21. The van der Waals surface area contributed by atoms with Crippen LogP contribution >= 0.6 is 0 Å². The maximum absolute atomic E-state index is 8.26. The van der Waals surface area contributed by atoms with E-state index in [-0.39, 0.29) is 7.43 Å². The SMILES string of the molecule is [CH3-].[O]=[Mo].[c-]1ccccc1. The molecule has 0 aromatic heterocycles. The molecular weight excluding hydrogens is 196 g/mol. The minimum Gasteiger partial charge on any atom is -0.184 e. The van der Waals surface area contributed by atoms with Gasteiger partial charge in [-0.3, -0.25) is 0 Å². The van der Waals surface area contributed by atoms with Crippen LogP contribution in [0.4, 0.5) is 0 Å². The van der Waals surface area contributed by atoms with E-state index in [1.807, 2.05) is 30.3 Å². The molecule has 0 fully saturated rings. The van der Waals surface area contributed by atoms with E-state index in [1.54, 1.807) is 0 Å². The van der Waals surface area contributed by atoms with Gasteiger partial charge >= 0.3 is 23.2 Å². The van der Waals surface area contributed by atoms with Crippen LogP contribution in [0.2, 0.25) is 0 Å². The van der Waals surface area contributed by atoms with Crippen LogP contribution < -0.4 is 0 Å². The van der Waals surface area contributed by atoms with Gasteiger partial charge in [-0.25, -0.2) is 0 Å². The van der Waals surface area contributed by atoms with E-state index in [0.29, 0.717) is 19.8 Å². The summed E-state index contributed by atoms with van der Waals surface area (Å²) in [5.74, 6) is 0. The normalized spacial score (nSPS) is 5.78. The third kappa shape index (κ3) is 7.71. The van der Waals surface area contributed by atoms with Crippen molar-refractivity contribution in [2.75, 3.05) is 0 Å². The summed E-state index contributed by atoms with van der Waals surface area (Å²) in [4.78, 5) is 0. The van der Waals surface area contributed by atoms with Gasteiger partial charge in [0.1, 0.15) is 0 Å². The maximum atomic E-state index is 8.26. The van der Waals surface area contributed by atoms with Gasteiger partial charge in [0.2, 0.25) is 0 Å². The monoisotopic (exact) mass is 206 g/mol. The van der Waals surface area contributed by atoms with E-state index in [2.05, 4.69) is 6.07 Å². The molecule has 0 atom stereocenters. The summed E-state index contributed by atoms with van der Waals surface area (Å²) >= 11 is 0.700. The third-order valence-corrected chi connectivity index (χ3v) is 0.607. The molecule has 0 amide bonds. The van der Waals surface area contributed by atoms with Gasteiger partial charge in [-0.2, -0.15) is 36.4 Å². The molecule has 2 heteroatoms. The van der Waals surface area contributed by atoms with Gasteiger partial charge < -0.3 is 7.43 Å². The number of hydrogen-bond acceptors (Lipinski definition) is 1. The van der Waals surface area contributed by atoms with E-state index >= 15 is 0 Å². The molecule has 0 spiro atoms. The summed E-state index contributed by atoms with van der Waals surface area (Å²) in [6.07, 6.45) is 0. The molecule has 0 aliphatic carbocycles. The largest absolute Gasteiger partial charge is 0.184 e. The van der Waals surface area contributed by atoms with Crippen LogP contribution in [0.15, 0.2) is 30.3 Å². The van der Waals surface area contributed by atoms with E-state index in [0.717, 1.165) is 0 Å². The predicted molar refractivity (Wildman–Crippen MR) is 32.4 cm³/mol. The van der Waals surface area contributed by atoms with Crippen LogP contribution in [-0.4, -0.2) is 0 Å². The van der Waals surface area contributed by atoms with Gasteiger partial charge in [-0.1, -0.05) is 0 Å². The molecular formula is C7H8MoO-2. The molecule has 0 N–H and O–H groups in total. The summed E-state index contributed by atoms with van der Waals surface area (Å²) in [5.41, 5.74) is 0. The van der Waals surface area contributed by atoms with Crippen LogP contribution in [0.5, 0.6) is 0 Å². The minimum absolute atomic E-state index is 0. The topological polar surface area (TPSA) is 17.1 Å². The molecule has 50 valence electrons. The van der Waals surface area contributed by atoms with Crippen molar-refractivity contribution in [3.8, 4) is 0 Å². The fourth-order valence-electron chi connectivity index (χ4n) is 0.342. The first kappa shape index (κ1) is 11.5. The zero-order valence-electron chi connectivity index (χ0n) is 5.20. The first-order valence-corrected chi connectivity index (χ1v) is 2.90. The Labute approximate surface area is 67.3 Å². The van der Waals surface area contributed by atoms with Crippen molar-refractivity contribution in [2.24, 2.45) is 0 Å². The van der Waals surface area contributed by atoms with Crippen LogP contribution in [0.1, 0.15) is 0 Å². The number of rotatable bonds is 0. The van der Waals surface area contributed by atoms with Crippen LogP contribution in [0, 0.1) is 13.5 Å². The Morgan fingerprint density at radius 1 is 1.00 bits per heavy atom.